The number of aliphatic hydroxyl groups is 1. The third-order valence-electron chi connectivity index (χ3n) is 3.80. The van der Waals surface area contributed by atoms with Crippen molar-refractivity contribution in [2.75, 3.05) is 18.1 Å². The van der Waals surface area contributed by atoms with Crippen LogP contribution in [-0.2, 0) is 0 Å². The molecule has 2 N–H and O–H groups in total. The Kier molecular flexibility index (Phi) is 4.09. The van der Waals surface area contributed by atoms with Crippen LogP contribution < -0.4 is 9.64 Å². The molecule has 0 bridgehead atoms. The van der Waals surface area contributed by atoms with Crippen LogP contribution in [0, 0.1) is 19.3 Å². The standard InChI is InChI=1S/C17H19N3O2S/c1-4-22-13-7-5-12(6-8-13)20-9-14(21)15(16(20)18)17-19-10(2)11(3)23-17/h5-8,18,21H,4,9H2,1-3H3. The second kappa shape index (κ2) is 6.04. The number of amidine groups is 1. The topological polar surface area (TPSA) is 69.4 Å². The van der Waals surface area contributed by atoms with Gasteiger partial charge in [-0.25, -0.2) is 4.98 Å². The van der Waals surface area contributed by atoms with Gasteiger partial charge in [-0.3, -0.25) is 5.41 Å². The first kappa shape index (κ1) is 15.6. The van der Waals surface area contributed by atoms with Gasteiger partial charge in [0.25, 0.3) is 0 Å². The van der Waals surface area contributed by atoms with Crippen molar-refractivity contribution in [3.63, 3.8) is 0 Å². The van der Waals surface area contributed by atoms with Gasteiger partial charge >= 0.3 is 0 Å². The maximum absolute atomic E-state index is 10.3. The number of aryl methyl sites for hydroxylation is 2. The highest BCUT2D eigenvalue weighted by Crippen LogP contribution is 2.34. The van der Waals surface area contributed by atoms with E-state index in [0.717, 1.165) is 22.0 Å². The molecule has 0 saturated carbocycles. The van der Waals surface area contributed by atoms with Crippen molar-refractivity contribution in [3.8, 4) is 5.75 Å². The number of hydrogen-bond acceptors (Lipinski definition) is 5. The lowest BCUT2D eigenvalue weighted by Gasteiger charge is -2.18. The van der Waals surface area contributed by atoms with Gasteiger partial charge in [-0.15, -0.1) is 11.3 Å². The van der Waals surface area contributed by atoms with Crippen LogP contribution in [0.3, 0.4) is 0 Å². The number of aromatic nitrogens is 1. The summed E-state index contributed by atoms with van der Waals surface area (Å²) in [5.74, 6) is 1.27. The Labute approximate surface area is 139 Å². The predicted octanol–water partition coefficient (Wildman–Crippen LogP) is 3.93. The lowest BCUT2D eigenvalue weighted by Crippen LogP contribution is -2.25. The van der Waals surface area contributed by atoms with E-state index in [1.165, 1.54) is 11.3 Å². The second-order valence-corrected chi connectivity index (χ2v) is 6.55. The molecule has 23 heavy (non-hydrogen) atoms. The van der Waals surface area contributed by atoms with Crippen molar-refractivity contribution in [2.45, 2.75) is 20.8 Å². The van der Waals surface area contributed by atoms with Crippen LogP contribution in [0.15, 0.2) is 30.0 Å². The molecule has 0 aliphatic carbocycles. The molecule has 0 atom stereocenters. The van der Waals surface area contributed by atoms with E-state index in [9.17, 15) is 5.11 Å². The fourth-order valence-electron chi connectivity index (χ4n) is 2.49. The Balaban J connectivity index is 1.87. The van der Waals surface area contributed by atoms with Crippen molar-refractivity contribution < 1.29 is 9.84 Å². The second-order valence-electron chi connectivity index (χ2n) is 5.34. The van der Waals surface area contributed by atoms with Gasteiger partial charge < -0.3 is 14.7 Å². The van der Waals surface area contributed by atoms with E-state index in [-0.39, 0.29) is 11.6 Å². The quantitative estimate of drug-likeness (QED) is 0.892. The zero-order chi connectivity index (χ0) is 16.6. The number of ether oxygens (including phenoxy) is 1. The zero-order valence-electron chi connectivity index (χ0n) is 13.4. The largest absolute Gasteiger partial charge is 0.510 e. The van der Waals surface area contributed by atoms with Crippen molar-refractivity contribution in [2.24, 2.45) is 0 Å². The number of benzene rings is 1. The molecule has 120 valence electrons. The highest BCUT2D eigenvalue weighted by atomic mass is 32.1. The number of nitrogens with zero attached hydrogens (tertiary/aromatic N) is 2. The molecule has 0 amide bonds. The Morgan fingerprint density at radius 1 is 1.30 bits per heavy atom. The molecule has 3 rings (SSSR count). The van der Waals surface area contributed by atoms with Crippen LogP contribution >= 0.6 is 11.3 Å². The smallest absolute Gasteiger partial charge is 0.139 e. The average molecular weight is 329 g/mol. The molecule has 0 fully saturated rings. The number of aliphatic hydroxyl groups excluding tert-OH is 1. The SMILES string of the molecule is CCOc1ccc(N2CC(O)=C(c3nc(C)c(C)s3)C2=N)cc1. The van der Waals surface area contributed by atoms with Gasteiger partial charge in [0.05, 0.1) is 24.4 Å². The van der Waals surface area contributed by atoms with Crippen molar-refractivity contribution in [3.05, 3.63) is 45.6 Å². The maximum atomic E-state index is 10.3. The first-order valence-corrected chi connectivity index (χ1v) is 8.28. The fraction of sp³-hybridized carbons (Fsp3) is 0.294. The molecule has 6 heteroatoms. The summed E-state index contributed by atoms with van der Waals surface area (Å²) in [6.07, 6.45) is 0. The van der Waals surface area contributed by atoms with Crippen LogP contribution in [0.4, 0.5) is 5.69 Å². The Morgan fingerprint density at radius 2 is 2.00 bits per heavy atom. The highest BCUT2D eigenvalue weighted by molar-refractivity contribution is 7.13. The number of rotatable bonds is 4. The average Bonchev–Trinajstić information content (AvgIpc) is 3.00. The van der Waals surface area contributed by atoms with Crippen LogP contribution in [-0.4, -0.2) is 29.1 Å². The molecule has 2 heterocycles. The van der Waals surface area contributed by atoms with E-state index < -0.39 is 0 Å². The first-order valence-electron chi connectivity index (χ1n) is 7.47. The number of anilines is 1. The summed E-state index contributed by atoms with van der Waals surface area (Å²) in [5, 5.41) is 19.5. The van der Waals surface area contributed by atoms with E-state index >= 15 is 0 Å². The molecule has 0 spiro atoms. The summed E-state index contributed by atoms with van der Waals surface area (Å²) in [5.41, 5.74) is 2.32. The van der Waals surface area contributed by atoms with Gasteiger partial charge in [-0.2, -0.15) is 0 Å². The predicted molar refractivity (Wildman–Crippen MR) is 93.8 cm³/mol. The number of nitrogens with one attached hydrogen (secondary N) is 1. The third kappa shape index (κ3) is 2.82. The van der Waals surface area contributed by atoms with Crippen LogP contribution in [0.2, 0.25) is 0 Å². The molecule has 5 nitrogen and oxygen atoms in total. The molecule has 1 aliphatic rings. The number of thiazole rings is 1. The summed E-state index contributed by atoms with van der Waals surface area (Å²) in [4.78, 5) is 7.35. The van der Waals surface area contributed by atoms with E-state index in [4.69, 9.17) is 10.1 Å². The lowest BCUT2D eigenvalue weighted by molar-refractivity contribution is 0.340. The molecule has 1 aromatic heterocycles. The van der Waals surface area contributed by atoms with Gasteiger partial charge in [0, 0.05) is 10.6 Å². The van der Waals surface area contributed by atoms with Gasteiger partial charge in [-0.1, -0.05) is 0 Å². The van der Waals surface area contributed by atoms with Crippen LogP contribution in [0.5, 0.6) is 5.75 Å². The number of hydrogen-bond donors (Lipinski definition) is 2. The minimum atomic E-state index is 0.192. The molecule has 2 aromatic rings. The van der Waals surface area contributed by atoms with Crippen LogP contribution in [0.25, 0.3) is 5.57 Å². The lowest BCUT2D eigenvalue weighted by atomic mass is 10.2. The zero-order valence-corrected chi connectivity index (χ0v) is 14.2. The summed E-state index contributed by atoms with van der Waals surface area (Å²) < 4.78 is 5.44. The monoisotopic (exact) mass is 329 g/mol. The van der Waals surface area contributed by atoms with Crippen molar-refractivity contribution in [1.82, 2.24) is 4.98 Å². The van der Waals surface area contributed by atoms with E-state index in [1.807, 2.05) is 45.0 Å². The van der Waals surface area contributed by atoms with E-state index in [1.54, 1.807) is 4.90 Å². The molecular weight excluding hydrogens is 310 g/mol. The molecule has 0 saturated heterocycles. The van der Waals surface area contributed by atoms with Gasteiger partial charge in [-0.05, 0) is 45.0 Å². The third-order valence-corrected chi connectivity index (χ3v) is 4.90. The molecule has 0 unspecified atom stereocenters. The normalized spacial score (nSPS) is 14.7. The van der Waals surface area contributed by atoms with Gasteiger partial charge in [0.1, 0.15) is 22.4 Å². The van der Waals surface area contributed by atoms with Crippen molar-refractivity contribution in [1.29, 1.82) is 5.41 Å². The Hall–Kier alpha value is -2.34. The maximum Gasteiger partial charge on any atom is 0.139 e. The summed E-state index contributed by atoms with van der Waals surface area (Å²) in [7, 11) is 0. The minimum absolute atomic E-state index is 0.192. The summed E-state index contributed by atoms with van der Waals surface area (Å²) in [6.45, 7) is 6.79. The molecule has 1 aliphatic heterocycles. The first-order chi connectivity index (χ1) is 11.0. The van der Waals surface area contributed by atoms with Crippen molar-refractivity contribution >= 4 is 28.4 Å². The molecule has 1 aromatic carbocycles. The summed E-state index contributed by atoms with van der Waals surface area (Å²) in [6, 6.07) is 7.54. The summed E-state index contributed by atoms with van der Waals surface area (Å²) >= 11 is 1.51. The van der Waals surface area contributed by atoms with Gasteiger partial charge in [0.2, 0.25) is 0 Å². The Bertz CT molecular complexity index is 758. The fourth-order valence-corrected chi connectivity index (χ4v) is 3.48. The minimum Gasteiger partial charge on any atom is -0.510 e. The molecule has 0 radical (unpaired) electrons. The Morgan fingerprint density at radius 3 is 2.57 bits per heavy atom. The van der Waals surface area contributed by atoms with E-state index in [0.29, 0.717) is 23.7 Å². The van der Waals surface area contributed by atoms with Crippen LogP contribution in [0.1, 0.15) is 22.5 Å². The van der Waals surface area contributed by atoms with Gasteiger partial charge in [0.15, 0.2) is 0 Å². The van der Waals surface area contributed by atoms with E-state index in [2.05, 4.69) is 4.98 Å². The molecular formula is C17H19N3O2S. The highest BCUT2D eigenvalue weighted by Gasteiger charge is 2.31.